The highest BCUT2D eigenvalue weighted by Gasteiger charge is 2.56. The highest BCUT2D eigenvalue weighted by molar-refractivity contribution is 7.90. The van der Waals surface area contributed by atoms with Crippen LogP contribution in [0, 0.1) is 11.8 Å². The molecule has 3 atom stereocenters. The third-order valence-electron chi connectivity index (χ3n) is 3.02. The first-order valence-electron chi connectivity index (χ1n) is 6.59. The van der Waals surface area contributed by atoms with Crippen LogP contribution >= 0.6 is 0 Å². The molecule has 0 spiro atoms. The molecule has 1 fully saturated rings. The summed E-state index contributed by atoms with van der Waals surface area (Å²) < 4.78 is 70.7. The first-order valence-corrected chi connectivity index (χ1v) is 8.07. The van der Waals surface area contributed by atoms with Gasteiger partial charge in [-0.05, 0) is 27.2 Å². The summed E-state index contributed by atoms with van der Waals surface area (Å²) in [6.07, 6.45) is 0.0248. The minimum Gasteiger partial charge on any atom is -0.469 e. The lowest BCUT2D eigenvalue weighted by Crippen LogP contribution is -2.50. The molecule has 1 saturated carbocycles. The molecule has 0 aliphatic heterocycles. The van der Waals surface area contributed by atoms with E-state index >= 15 is 0 Å². The maximum Gasteiger partial charge on any atom is 0.511 e. The van der Waals surface area contributed by atoms with Crippen LogP contribution in [0.15, 0.2) is 0 Å². The second-order valence-electron chi connectivity index (χ2n) is 6.11. The van der Waals surface area contributed by atoms with Gasteiger partial charge in [0.25, 0.3) is 0 Å². The largest absolute Gasteiger partial charge is 0.511 e. The number of carbonyl (C=O) groups excluding carboxylic acids is 2. The molecular weight excluding hydrogens is 343 g/mol. The molecule has 0 amide bonds. The van der Waals surface area contributed by atoms with E-state index in [2.05, 4.69) is 4.74 Å². The smallest absolute Gasteiger partial charge is 0.469 e. The summed E-state index contributed by atoms with van der Waals surface area (Å²) in [5.74, 6) is -3.71. The predicted octanol–water partition coefficient (Wildman–Crippen LogP) is 0.945. The number of hydrogen-bond donors (Lipinski definition) is 1. The van der Waals surface area contributed by atoms with E-state index in [-0.39, 0.29) is 6.42 Å². The molecule has 23 heavy (non-hydrogen) atoms. The van der Waals surface area contributed by atoms with Crippen molar-refractivity contribution in [3.63, 3.8) is 0 Å². The van der Waals surface area contributed by atoms with Gasteiger partial charge in [0, 0.05) is 5.92 Å². The van der Waals surface area contributed by atoms with Crippen LogP contribution < -0.4 is 4.72 Å². The first kappa shape index (κ1) is 19.7. The third-order valence-corrected chi connectivity index (χ3v) is 4.19. The number of ether oxygens (including phenoxy) is 2. The molecule has 0 radical (unpaired) electrons. The Morgan fingerprint density at radius 3 is 2.13 bits per heavy atom. The lowest BCUT2D eigenvalue weighted by Gasteiger charge is -2.25. The van der Waals surface area contributed by atoms with Crippen LogP contribution in [-0.4, -0.2) is 44.6 Å². The van der Waals surface area contributed by atoms with E-state index in [4.69, 9.17) is 4.74 Å². The number of carbonyl (C=O) groups is 2. The van der Waals surface area contributed by atoms with Gasteiger partial charge in [-0.25, -0.2) is 8.42 Å². The van der Waals surface area contributed by atoms with Gasteiger partial charge in [0.2, 0.25) is 0 Å². The van der Waals surface area contributed by atoms with Crippen LogP contribution in [-0.2, 0) is 29.1 Å². The molecule has 0 unspecified atom stereocenters. The highest BCUT2D eigenvalue weighted by Crippen LogP contribution is 2.43. The number of rotatable bonds is 5. The van der Waals surface area contributed by atoms with E-state index in [0.717, 1.165) is 7.11 Å². The van der Waals surface area contributed by atoms with E-state index in [1.54, 1.807) is 0 Å². The minimum absolute atomic E-state index is 0.0248. The Kier molecular flexibility index (Phi) is 5.36. The summed E-state index contributed by atoms with van der Waals surface area (Å²) in [6, 6.07) is -1.81. The Labute approximate surface area is 131 Å². The topological polar surface area (TPSA) is 98.8 Å². The van der Waals surface area contributed by atoms with Crippen molar-refractivity contribution < 1.29 is 40.7 Å². The highest BCUT2D eigenvalue weighted by atomic mass is 32.2. The monoisotopic (exact) mass is 361 g/mol. The molecule has 0 aromatic heterocycles. The Morgan fingerprint density at radius 2 is 1.74 bits per heavy atom. The predicted molar refractivity (Wildman–Crippen MR) is 71.4 cm³/mol. The number of hydrogen-bond acceptors (Lipinski definition) is 6. The lowest BCUT2D eigenvalue weighted by molar-refractivity contribution is -0.157. The molecule has 134 valence electrons. The first-order chi connectivity index (χ1) is 10.2. The zero-order chi connectivity index (χ0) is 18.2. The fourth-order valence-corrected chi connectivity index (χ4v) is 2.65. The molecule has 1 aliphatic carbocycles. The van der Waals surface area contributed by atoms with Gasteiger partial charge in [-0.15, -0.1) is 0 Å². The minimum atomic E-state index is -5.76. The van der Waals surface area contributed by atoms with Crippen molar-refractivity contribution >= 4 is 22.0 Å². The second-order valence-corrected chi connectivity index (χ2v) is 7.81. The van der Waals surface area contributed by atoms with Gasteiger partial charge in [0.05, 0.1) is 13.0 Å². The van der Waals surface area contributed by atoms with Crippen LogP contribution in [0.25, 0.3) is 0 Å². The summed E-state index contributed by atoms with van der Waals surface area (Å²) in [4.78, 5) is 23.4. The van der Waals surface area contributed by atoms with E-state index in [0.29, 0.717) is 0 Å². The van der Waals surface area contributed by atoms with Crippen LogP contribution in [0.5, 0.6) is 0 Å². The van der Waals surface area contributed by atoms with E-state index in [1.165, 1.54) is 25.5 Å². The van der Waals surface area contributed by atoms with Crippen molar-refractivity contribution in [1.82, 2.24) is 4.72 Å². The Bertz CT molecular complexity index is 581. The van der Waals surface area contributed by atoms with E-state index in [9.17, 15) is 31.2 Å². The molecule has 1 N–H and O–H groups in total. The average molecular weight is 361 g/mol. The number of halogens is 3. The zero-order valence-electron chi connectivity index (χ0n) is 12.9. The second kappa shape index (κ2) is 6.27. The van der Waals surface area contributed by atoms with Crippen molar-refractivity contribution in [1.29, 1.82) is 0 Å². The van der Waals surface area contributed by atoms with Gasteiger partial charge in [0.15, 0.2) is 0 Å². The quantitative estimate of drug-likeness (QED) is 0.732. The van der Waals surface area contributed by atoms with Crippen molar-refractivity contribution in [2.45, 2.75) is 44.3 Å². The van der Waals surface area contributed by atoms with Gasteiger partial charge in [-0.1, -0.05) is 0 Å². The fraction of sp³-hybridized carbons (Fsp3) is 0.833. The van der Waals surface area contributed by atoms with Gasteiger partial charge >= 0.3 is 27.5 Å². The fourth-order valence-electron chi connectivity index (χ4n) is 1.91. The van der Waals surface area contributed by atoms with Crippen LogP contribution in [0.3, 0.4) is 0 Å². The third kappa shape index (κ3) is 5.06. The molecule has 0 heterocycles. The Balaban J connectivity index is 3.00. The average Bonchev–Trinajstić information content (AvgIpc) is 3.11. The lowest BCUT2D eigenvalue weighted by atomic mass is 10.1. The van der Waals surface area contributed by atoms with Gasteiger partial charge in [-0.3, -0.25) is 9.59 Å². The van der Waals surface area contributed by atoms with Crippen molar-refractivity contribution in [3.8, 4) is 0 Å². The molecule has 0 saturated heterocycles. The number of sulfonamides is 1. The number of methoxy groups -OCH3 is 1. The molecule has 0 aromatic rings. The van der Waals surface area contributed by atoms with Gasteiger partial charge in [0.1, 0.15) is 11.6 Å². The molecule has 1 rings (SSSR count). The van der Waals surface area contributed by atoms with Crippen molar-refractivity contribution in [3.05, 3.63) is 0 Å². The van der Waals surface area contributed by atoms with Crippen LogP contribution in [0.4, 0.5) is 13.2 Å². The van der Waals surface area contributed by atoms with Crippen LogP contribution in [0.2, 0.25) is 0 Å². The number of alkyl halides is 3. The number of esters is 2. The molecule has 7 nitrogen and oxygen atoms in total. The Hall–Kier alpha value is -1.36. The molecule has 11 heteroatoms. The summed E-state index contributed by atoms with van der Waals surface area (Å²) in [7, 11) is -4.68. The Morgan fingerprint density at radius 1 is 1.22 bits per heavy atom. The maximum absolute atomic E-state index is 12.5. The van der Waals surface area contributed by atoms with E-state index in [1.807, 2.05) is 0 Å². The van der Waals surface area contributed by atoms with Crippen molar-refractivity contribution in [2.75, 3.05) is 7.11 Å². The molecule has 0 bridgehead atoms. The van der Waals surface area contributed by atoms with Gasteiger partial charge in [-0.2, -0.15) is 17.9 Å². The zero-order valence-corrected chi connectivity index (χ0v) is 13.7. The molecule has 0 aromatic carbocycles. The van der Waals surface area contributed by atoms with Crippen LogP contribution in [0.1, 0.15) is 27.2 Å². The number of nitrogens with one attached hydrogen (secondary N) is 1. The molecule has 1 aliphatic rings. The maximum atomic E-state index is 12.5. The summed E-state index contributed by atoms with van der Waals surface area (Å²) in [5, 5.41) is 0. The van der Waals surface area contributed by atoms with Crippen molar-refractivity contribution in [2.24, 2.45) is 11.8 Å². The van der Waals surface area contributed by atoms with E-state index < -0.39 is 50.9 Å². The molecular formula is C12H18F3NO6S. The SMILES string of the molecule is COC(=O)[C@H]1C[C@@H]1[C@H](NS(=O)(=O)C(F)(F)F)C(=O)OC(C)(C)C. The summed E-state index contributed by atoms with van der Waals surface area (Å²) in [6.45, 7) is 4.43. The summed E-state index contributed by atoms with van der Waals surface area (Å²) in [5.41, 5.74) is -6.61. The standard InChI is InChI=1S/C12H18F3NO6S/c1-11(2,3)22-10(18)8(6-5-7(6)9(17)21-4)16-23(19,20)12(13,14)15/h6-8,16H,5H2,1-4H3/t6-,7-,8-/m0/s1. The van der Waals surface area contributed by atoms with Gasteiger partial charge < -0.3 is 9.47 Å². The summed E-state index contributed by atoms with van der Waals surface area (Å²) >= 11 is 0. The normalized spacial score (nSPS) is 23.1.